The van der Waals surface area contributed by atoms with Gasteiger partial charge in [-0.05, 0) is 24.1 Å². The summed E-state index contributed by atoms with van der Waals surface area (Å²) in [5.74, 6) is -0.670. The minimum absolute atomic E-state index is 0.0353. The molecular weight excluding hydrogens is 376 g/mol. The van der Waals surface area contributed by atoms with Crippen molar-refractivity contribution in [2.24, 2.45) is 0 Å². The maximum atomic E-state index is 13.4. The molecule has 0 N–H and O–H groups in total. The Kier molecular flexibility index (Phi) is 3.84. The second kappa shape index (κ2) is 6.28. The van der Waals surface area contributed by atoms with Crippen molar-refractivity contribution in [3.8, 4) is 0 Å². The number of carbonyl (C=O) groups is 3. The molecule has 1 unspecified atom stereocenters. The molecule has 0 aromatic heterocycles. The van der Waals surface area contributed by atoms with Gasteiger partial charge in [0, 0.05) is 40.5 Å². The maximum Gasteiger partial charge on any atom is 0.229 e. The first-order valence-electron chi connectivity index (χ1n) is 9.18. The number of ketones is 3. The zero-order valence-electron chi connectivity index (χ0n) is 14.8. The van der Waals surface area contributed by atoms with Gasteiger partial charge in [0.15, 0.2) is 17.3 Å². The highest BCUT2D eigenvalue weighted by molar-refractivity contribution is 6.30. The van der Waals surface area contributed by atoms with Crippen LogP contribution < -0.4 is 0 Å². The van der Waals surface area contributed by atoms with Gasteiger partial charge < -0.3 is 4.74 Å². The molecule has 1 atom stereocenters. The summed E-state index contributed by atoms with van der Waals surface area (Å²) in [6.45, 7) is 0. The van der Waals surface area contributed by atoms with E-state index >= 15 is 0 Å². The maximum absolute atomic E-state index is 13.4. The molecule has 5 heteroatoms. The fourth-order valence-electron chi connectivity index (χ4n) is 4.25. The first-order chi connectivity index (χ1) is 13.6. The third-order valence-electron chi connectivity index (χ3n) is 5.53. The van der Waals surface area contributed by atoms with Crippen molar-refractivity contribution in [2.75, 3.05) is 0 Å². The quantitative estimate of drug-likeness (QED) is 0.702. The number of benzene rings is 2. The van der Waals surface area contributed by atoms with Crippen molar-refractivity contribution in [3.05, 3.63) is 92.9 Å². The van der Waals surface area contributed by atoms with Crippen molar-refractivity contribution in [1.82, 2.24) is 0 Å². The molecule has 3 aliphatic rings. The van der Waals surface area contributed by atoms with Gasteiger partial charge in [0.25, 0.3) is 0 Å². The van der Waals surface area contributed by atoms with Gasteiger partial charge in [0.05, 0.1) is 5.57 Å². The average Bonchev–Trinajstić information content (AvgIpc) is 2.71. The highest BCUT2D eigenvalue weighted by Gasteiger charge is 2.45. The zero-order chi connectivity index (χ0) is 19.4. The van der Waals surface area contributed by atoms with E-state index in [4.69, 9.17) is 16.3 Å². The number of fused-ring (bicyclic) bond motifs is 1. The molecule has 0 saturated carbocycles. The van der Waals surface area contributed by atoms with Crippen molar-refractivity contribution < 1.29 is 19.1 Å². The van der Waals surface area contributed by atoms with Crippen LogP contribution in [0.1, 0.15) is 51.5 Å². The summed E-state index contributed by atoms with van der Waals surface area (Å²) >= 11 is 6.04. The Labute approximate surface area is 166 Å². The molecule has 0 amide bonds. The molecule has 1 heterocycles. The molecule has 1 aliphatic heterocycles. The van der Waals surface area contributed by atoms with E-state index in [0.717, 1.165) is 5.56 Å². The van der Waals surface area contributed by atoms with E-state index in [1.54, 1.807) is 48.5 Å². The summed E-state index contributed by atoms with van der Waals surface area (Å²) < 4.78 is 5.92. The van der Waals surface area contributed by atoms with Crippen LogP contribution in [0, 0.1) is 0 Å². The van der Waals surface area contributed by atoms with E-state index in [1.807, 2.05) is 0 Å². The Balaban J connectivity index is 1.76. The zero-order valence-corrected chi connectivity index (χ0v) is 15.6. The smallest absolute Gasteiger partial charge is 0.229 e. The van der Waals surface area contributed by atoms with Gasteiger partial charge in [-0.3, -0.25) is 14.4 Å². The third-order valence-corrected chi connectivity index (χ3v) is 5.78. The predicted molar refractivity (Wildman–Crippen MR) is 103 cm³/mol. The lowest BCUT2D eigenvalue weighted by Crippen LogP contribution is -2.34. The van der Waals surface area contributed by atoms with Crippen LogP contribution in [-0.4, -0.2) is 17.3 Å². The molecule has 0 spiro atoms. The number of hydrogen-bond donors (Lipinski definition) is 0. The van der Waals surface area contributed by atoms with Gasteiger partial charge >= 0.3 is 0 Å². The molecule has 2 aromatic rings. The summed E-state index contributed by atoms with van der Waals surface area (Å²) in [5, 5.41) is 0.561. The Hall–Kier alpha value is -2.98. The monoisotopic (exact) mass is 390 g/mol. The summed E-state index contributed by atoms with van der Waals surface area (Å²) in [5.41, 5.74) is 2.18. The van der Waals surface area contributed by atoms with E-state index in [-0.39, 0.29) is 28.7 Å². The fourth-order valence-corrected chi connectivity index (χ4v) is 4.38. The number of allylic oxidation sites excluding steroid dienone is 4. The lowest BCUT2D eigenvalue weighted by molar-refractivity contribution is -0.116. The van der Waals surface area contributed by atoms with E-state index in [0.29, 0.717) is 46.7 Å². The van der Waals surface area contributed by atoms with E-state index < -0.39 is 5.92 Å². The van der Waals surface area contributed by atoms with Gasteiger partial charge in [0.1, 0.15) is 5.76 Å². The first-order valence-corrected chi connectivity index (χ1v) is 9.56. The number of hydrogen-bond acceptors (Lipinski definition) is 4. The lowest BCUT2D eigenvalue weighted by atomic mass is 9.72. The SMILES string of the molecule is O=C1CCCC2=C1C(c1ccc(Cl)cc1)C1=C(O2)C(=O)c2ccccc2C1=O. The third kappa shape index (κ3) is 2.41. The topological polar surface area (TPSA) is 60.4 Å². The molecule has 0 bridgehead atoms. The molecule has 0 saturated heterocycles. The largest absolute Gasteiger partial charge is 0.457 e. The Morgan fingerprint density at radius 3 is 2.21 bits per heavy atom. The molecule has 4 nitrogen and oxygen atoms in total. The van der Waals surface area contributed by atoms with Crippen molar-refractivity contribution in [3.63, 3.8) is 0 Å². The molecule has 2 aromatic carbocycles. The van der Waals surface area contributed by atoms with Gasteiger partial charge in [-0.15, -0.1) is 0 Å². The number of ether oxygens (including phenoxy) is 1. The Morgan fingerprint density at radius 2 is 1.50 bits per heavy atom. The fraction of sp³-hybridized carbons (Fsp3) is 0.174. The second-order valence-corrected chi connectivity index (χ2v) is 7.58. The number of carbonyl (C=O) groups excluding carboxylic acids is 3. The molecule has 2 aliphatic carbocycles. The summed E-state index contributed by atoms with van der Waals surface area (Å²) in [6.07, 6.45) is 1.66. The normalized spacial score (nSPS) is 21.2. The van der Waals surface area contributed by atoms with Crippen LogP contribution in [0.25, 0.3) is 0 Å². The molecule has 138 valence electrons. The van der Waals surface area contributed by atoms with Crippen LogP contribution >= 0.6 is 11.6 Å². The minimum atomic E-state index is -0.617. The summed E-state index contributed by atoms with van der Waals surface area (Å²) in [6, 6.07) is 13.8. The van der Waals surface area contributed by atoms with Crippen molar-refractivity contribution >= 4 is 29.0 Å². The number of halogens is 1. The van der Waals surface area contributed by atoms with Crippen molar-refractivity contribution in [2.45, 2.75) is 25.2 Å². The van der Waals surface area contributed by atoms with Gasteiger partial charge in [-0.2, -0.15) is 0 Å². The summed E-state index contributed by atoms with van der Waals surface area (Å²) in [7, 11) is 0. The summed E-state index contributed by atoms with van der Waals surface area (Å²) in [4.78, 5) is 39.3. The highest BCUT2D eigenvalue weighted by Crippen LogP contribution is 2.48. The number of rotatable bonds is 1. The Bertz CT molecular complexity index is 1120. The van der Waals surface area contributed by atoms with Crippen molar-refractivity contribution in [1.29, 1.82) is 0 Å². The average molecular weight is 391 g/mol. The van der Waals surface area contributed by atoms with Gasteiger partial charge in [0.2, 0.25) is 5.78 Å². The second-order valence-electron chi connectivity index (χ2n) is 7.15. The molecular formula is C23H15ClO4. The molecule has 5 rings (SSSR count). The number of Topliss-reactive ketones (excluding diaryl/α,β-unsaturated/α-hetero) is 3. The van der Waals surface area contributed by atoms with Crippen LogP contribution in [0.2, 0.25) is 5.02 Å². The van der Waals surface area contributed by atoms with Crippen LogP contribution in [0.15, 0.2) is 71.2 Å². The predicted octanol–water partition coefficient (Wildman–Crippen LogP) is 4.79. The van der Waals surface area contributed by atoms with Crippen LogP contribution in [0.3, 0.4) is 0 Å². The molecule has 0 radical (unpaired) electrons. The molecule has 0 fully saturated rings. The van der Waals surface area contributed by atoms with Crippen LogP contribution in [-0.2, 0) is 9.53 Å². The van der Waals surface area contributed by atoms with E-state index in [2.05, 4.69) is 0 Å². The van der Waals surface area contributed by atoms with Crippen LogP contribution in [0.5, 0.6) is 0 Å². The minimum Gasteiger partial charge on any atom is -0.457 e. The van der Waals surface area contributed by atoms with Gasteiger partial charge in [-0.25, -0.2) is 0 Å². The highest BCUT2D eigenvalue weighted by atomic mass is 35.5. The van der Waals surface area contributed by atoms with E-state index in [1.165, 1.54) is 0 Å². The first kappa shape index (κ1) is 17.1. The van der Waals surface area contributed by atoms with Gasteiger partial charge in [-0.1, -0.05) is 48.0 Å². The Morgan fingerprint density at radius 1 is 0.821 bits per heavy atom. The van der Waals surface area contributed by atoms with E-state index in [9.17, 15) is 14.4 Å². The standard InChI is InChI=1S/C23H15ClO4/c24-13-10-8-12(9-11-13)18-19-16(25)6-3-7-17(19)28-23-20(18)21(26)14-4-1-2-5-15(14)22(23)27/h1-2,4-5,8-11,18H,3,6-7H2. The van der Waals surface area contributed by atoms with Crippen LogP contribution in [0.4, 0.5) is 0 Å². The lowest BCUT2D eigenvalue weighted by Gasteiger charge is -2.35. The molecule has 28 heavy (non-hydrogen) atoms.